The maximum atomic E-state index is 6.14. The van der Waals surface area contributed by atoms with E-state index in [1.54, 1.807) is 0 Å². The molecule has 0 aliphatic rings. The standard InChI is InChI=1S/C18H19N3/c1-13-6-5-7-15(10-13)21(2)12-14-11-17(19)16-8-3-4-9-18(16)20-14/h3-11H,12H2,1-2H3,(H2,19,20). The Morgan fingerprint density at radius 3 is 2.67 bits per heavy atom. The molecule has 0 aliphatic heterocycles. The van der Waals surface area contributed by atoms with E-state index in [0.717, 1.165) is 28.8 Å². The highest BCUT2D eigenvalue weighted by molar-refractivity contribution is 5.90. The van der Waals surface area contributed by atoms with Gasteiger partial charge in [-0.15, -0.1) is 0 Å². The molecule has 0 bridgehead atoms. The minimum atomic E-state index is 0.735. The summed E-state index contributed by atoms with van der Waals surface area (Å²) < 4.78 is 0. The molecule has 3 aromatic rings. The molecular weight excluding hydrogens is 258 g/mol. The number of hydrogen-bond acceptors (Lipinski definition) is 3. The third kappa shape index (κ3) is 2.82. The second-order valence-electron chi connectivity index (χ2n) is 5.42. The molecule has 2 N–H and O–H groups in total. The minimum Gasteiger partial charge on any atom is -0.398 e. The number of hydrogen-bond donors (Lipinski definition) is 1. The number of aromatic nitrogens is 1. The number of anilines is 2. The maximum absolute atomic E-state index is 6.14. The summed E-state index contributed by atoms with van der Waals surface area (Å²) in [6.45, 7) is 2.84. The molecular formula is C18H19N3. The van der Waals surface area contributed by atoms with Gasteiger partial charge in [-0.3, -0.25) is 4.98 Å². The summed E-state index contributed by atoms with van der Waals surface area (Å²) in [4.78, 5) is 6.89. The van der Waals surface area contributed by atoms with Gasteiger partial charge in [-0.2, -0.15) is 0 Å². The number of aryl methyl sites for hydroxylation is 1. The Balaban J connectivity index is 1.91. The third-order valence-electron chi connectivity index (χ3n) is 3.64. The molecule has 1 aromatic heterocycles. The van der Waals surface area contributed by atoms with Crippen molar-refractivity contribution in [3.63, 3.8) is 0 Å². The van der Waals surface area contributed by atoms with Crippen molar-refractivity contribution in [2.24, 2.45) is 0 Å². The molecule has 3 nitrogen and oxygen atoms in total. The Labute approximate surface area is 125 Å². The first-order valence-corrected chi connectivity index (χ1v) is 7.05. The summed E-state index contributed by atoms with van der Waals surface area (Å²) in [5.74, 6) is 0. The molecule has 0 amide bonds. The van der Waals surface area contributed by atoms with Gasteiger partial charge in [-0.25, -0.2) is 0 Å². The summed E-state index contributed by atoms with van der Waals surface area (Å²) in [5.41, 5.74) is 11.3. The van der Waals surface area contributed by atoms with Gasteiger partial charge in [-0.1, -0.05) is 30.3 Å². The van der Waals surface area contributed by atoms with Crippen molar-refractivity contribution in [3.05, 3.63) is 65.9 Å². The van der Waals surface area contributed by atoms with Gasteiger partial charge in [0.1, 0.15) is 0 Å². The predicted molar refractivity (Wildman–Crippen MR) is 89.4 cm³/mol. The molecule has 2 aromatic carbocycles. The second-order valence-corrected chi connectivity index (χ2v) is 5.42. The lowest BCUT2D eigenvalue weighted by atomic mass is 10.1. The second kappa shape index (κ2) is 5.44. The molecule has 0 spiro atoms. The molecule has 0 fully saturated rings. The van der Waals surface area contributed by atoms with Crippen LogP contribution < -0.4 is 10.6 Å². The smallest absolute Gasteiger partial charge is 0.0726 e. The van der Waals surface area contributed by atoms with Crippen LogP contribution >= 0.6 is 0 Å². The van der Waals surface area contributed by atoms with Crippen LogP contribution in [-0.2, 0) is 6.54 Å². The van der Waals surface area contributed by atoms with Gasteiger partial charge >= 0.3 is 0 Å². The van der Waals surface area contributed by atoms with Crippen molar-refractivity contribution in [2.45, 2.75) is 13.5 Å². The van der Waals surface area contributed by atoms with E-state index in [4.69, 9.17) is 10.7 Å². The first kappa shape index (κ1) is 13.4. The van der Waals surface area contributed by atoms with Crippen molar-refractivity contribution in [3.8, 4) is 0 Å². The average Bonchev–Trinajstić information content (AvgIpc) is 2.47. The molecule has 0 radical (unpaired) electrons. The Kier molecular flexibility index (Phi) is 3.48. The van der Waals surface area contributed by atoms with Crippen LogP contribution in [0.3, 0.4) is 0 Å². The maximum Gasteiger partial charge on any atom is 0.0726 e. The van der Waals surface area contributed by atoms with Crippen LogP contribution in [0.25, 0.3) is 10.9 Å². The van der Waals surface area contributed by atoms with E-state index in [9.17, 15) is 0 Å². The van der Waals surface area contributed by atoms with Crippen LogP contribution in [0.5, 0.6) is 0 Å². The number of para-hydroxylation sites is 1. The number of rotatable bonds is 3. The molecule has 0 unspecified atom stereocenters. The fourth-order valence-corrected chi connectivity index (χ4v) is 2.54. The highest BCUT2D eigenvalue weighted by Crippen LogP contribution is 2.22. The number of nitrogen functional groups attached to an aromatic ring is 1. The Morgan fingerprint density at radius 2 is 1.86 bits per heavy atom. The van der Waals surface area contributed by atoms with Gasteiger partial charge in [0.15, 0.2) is 0 Å². The summed E-state index contributed by atoms with van der Waals surface area (Å²) in [5, 5.41) is 1.01. The molecule has 0 saturated heterocycles. The molecule has 0 aliphatic carbocycles. The molecule has 0 atom stereocenters. The van der Waals surface area contributed by atoms with Crippen LogP contribution in [0, 0.1) is 6.92 Å². The topological polar surface area (TPSA) is 42.1 Å². The molecule has 21 heavy (non-hydrogen) atoms. The van der Waals surface area contributed by atoms with Crippen LogP contribution in [0.4, 0.5) is 11.4 Å². The predicted octanol–water partition coefficient (Wildman–Crippen LogP) is 3.76. The molecule has 3 heteroatoms. The lowest BCUT2D eigenvalue weighted by molar-refractivity contribution is 0.892. The summed E-state index contributed by atoms with van der Waals surface area (Å²) in [6.07, 6.45) is 0. The van der Waals surface area contributed by atoms with E-state index < -0.39 is 0 Å². The lowest BCUT2D eigenvalue weighted by Crippen LogP contribution is -2.17. The van der Waals surface area contributed by atoms with Crippen molar-refractivity contribution < 1.29 is 0 Å². The number of benzene rings is 2. The number of nitrogens with zero attached hydrogens (tertiary/aromatic N) is 2. The van der Waals surface area contributed by atoms with E-state index in [0.29, 0.717) is 0 Å². The Hall–Kier alpha value is -2.55. The van der Waals surface area contributed by atoms with Gasteiger partial charge in [0.2, 0.25) is 0 Å². The third-order valence-corrected chi connectivity index (χ3v) is 3.64. The van der Waals surface area contributed by atoms with E-state index in [-0.39, 0.29) is 0 Å². The highest BCUT2D eigenvalue weighted by atomic mass is 15.1. The zero-order chi connectivity index (χ0) is 14.8. The van der Waals surface area contributed by atoms with Crippen LogP contribution in [0.15, 0.2) is 54.6 Å². The largest absolute Gasteiger partial charge is 0.398 e. The summed E-state index contributed by atoms with van der Waals surface area (Å²) >= 11 is 0. The summed E-state index contributed by atoms with van der Waals surface area (Å²) in [6, 6.07) is 18.4. The van der Waals surface area contributed by atoms with Crippen molar-refractivity contribution in [1.29, 1.82) is 0 Å². The van der Waals surface area contributed by atoms with Gasteiger partial charge in [0.25, 0.3) is 0 Å². The summed E-state index contributed by atoms with van der Waals surface area (Å²) in [7, 11) is 2.07. The quantitative estimate of drug-likeness (QED) is 0.792. The normalized spacial score (nSPS) is 10.8. The van der Waals surface area contributed by atoms with E-state index >= 15 is 0 Å². The SMILES string of the molecule is Cc1cccc(N(C)Cc2cc(N)c3ccccc3n2)c1. The molecule has 0 saturated carbocycles. The van der Waals surface area contributed by atoms with Crippen LogP contribution in [0.1, 0.15) is 11.3 Å². The average molecular weight is 277 g/mol. The van der Waals surface area contributed by atoms with E-state index in [1.807, 2.05) is 30.3 Å². The minimum absolute atomic E-state index is 0.735. The number of nitrogens with two attached hydrogens (primary N) is 1. The zero-order valence-corrected chi connectivity index (χ0v) is 12.4. The molecule has 3 rings (SSSR count). The first-order valence-electron chi connectivity index (χ1n) is 7.05. The van der Waals surface area contributed by atoms with Crippen molar-refractivity contribution in [2.75, 3.05) is 17.7 Å². The Bertz CT molecular complexity index is 780. The van der Waals surface area contributed by atoms with E-state index in [2.05, 4.69) is 43.1 Å². The van der Waals surface area contributed by atoms with Crippen LogP contribution in [-0.4, -0.2) is 12.0 Å². The van der Waals surface area contributed by atoms with E-state index in [1.165, 1.54) is 11.3 Å². The van der Waals surface area contributed by atoms with Crippen molar-refractivity contribution in [1.82, 2.24) is 4.98 Å². The first-order chi connectivity index (χ1) is 10.1. The van der Waals surface area contributed by atoms with Gasteiger partial charge in [0.05, 0.1) is 17.8 Å². The van der Waals surface area contributed by atoms with Crippen molar-refractivity contribution >= 4 is 22.3 Å². The highest BCUT2D eigenvalue weighted by Gasteiger charge is 2.07. The monoisotopic (exact) mass is 277 g/mol. The number of pyridine rings is 1. The fraction of sp³-hybridized carbons (Fsp3) is 0.167. The van der Waals surface area contributed by atoms with Gasteiger partial charge < -0.3 is 10.6 Å². The van der Waals surface area contributed by atoms with Crippen LogP contribution in [0.2, 0.25) is 0 Å². The lowest BCUT2D eigenvalue weighted by Gasteiger charge is -2.20. The molecule has 106 valence electrons. The zero-order valence-electron chi connectivity index (χ0n) is 12.4. The Morgan fingerprint density at radius 1 is 1.05 bits per heavy atom. The fourth-order valence-electron chi connectivity index (χ4n) is 2.54. The molecule has 1 heterocycles. The number of fused-ring (bicyclic) bond motifs is 1. The van der Waals surface area contributed by atoms with Gasteiger partial charge in [0, 0.05) is 23.8 Å². The van der Waals surface area contributed by atoms with Gasteiger partial charge in [-0.05, 0) is 36.8 Å².